The maximum atomic E-state index is 12.0. The lowest BCUT2D eigenvalue weighted by atomic mass is 9.96. The van der Waals surface area contributed by atoms with Gasteiger partial charge < -0.3 is 14.2 Å². The lowest BCUT2D eigenvalue weighted by Crippen LogP contribution is -2.30. The number of fused-ring (bicyclic) bond motifs is 1. The van der Waals surface area contributed by atoms with Crippen molar-refractivity contribution in [2.45, 2.75) is 45.6 Å². The molecule has 2 aromatic rings. The van der Waals surface area contributed by atoms with E-state index in [0.29, 0.717) is 23.8 Å². The van der Waals surface area contributed by atoms with Crippen molar-refractivity contribution < 1.29 is 14.1 Å². The third-order valence-electron chi connectivity index (χ3n) is 4.22. The van der Waals surface area contributed by atoms with Gasteiger partial charge in [-0.3, -0.25) is 0 Å². The number of benzene rings is 1. The van der Waals surface area contributed by atoms with Crippen LogP contribution >= 0.6 is 0 Å². The zero-order valence-electron chi connectivity index (χ0n) is 14.6. The quantitative estimate of drug-likeness (QED) is 0.806. The van der Waals surface area contributed by atoms with Gasteiger partial charge in [0.2, 0.25) is 5.89 Å². The fourth-order valence-electron chi connectivity index (χ4n) is 2.95. The van der Waals surface area contributed by atoms with Crippen LogP contribution in [0.3, 0.4) is 0 Å². The number of rotatable bonds is 3. The van der Waals surface area contributed by atoms with Crippen LogP contribution in [-0.4, -0.2) is 29.8 Å². The van der Waals surface area contributed by atoms with E-state index < -0.39 is 0 Å². The molecule has 0 N–H and O–H groups in total. The van der Waals surface area contributed by atoms with Crippen molar-refractivity contribution in [1.82, 2.24) is 10.1 Å². The number of anilines is 1. The maximum Gasteiger partial charge on any atom is 0.338 e. The fraction of sp³-hybridized carbons (Fsp3) is 0.500. The Morgan fingerprint density at radius 3 is 2.83 bits per heavy atom. The van der Waals surface area contributed by atoms with Gasteiger partial charge in [0.15, 0.2) is 5.82 Å². The highest BCUT2D eigenvalue weighted by molar-refractivity contribution is 5.93. The van der Waals surface area contributed by atoms with Crippen LogP contribution in [0.1, 0.15) is 54.8 Å². The first kappa shape index (κ1) is 16.5. The summed E-state index contributed by atoms with van der Waals surface area (Å²) in [6, 6.07) is 5.73. The summed E-state index contributed by atoms with van der Waals surface area (Å²) in [6.45, 7) is 7.60. The first-order valence-electron chi connectivity index (χ1n) is 8.18. The van der Waals surface area contributed by atoms with Crippen LogP contribution < -0.4 is 4.90 Å². The Balaban J connectivity index is 1.88. The third kappa shape index (κ3) is 3.13. The molecular weight excluding hydrogens is 306 g/mol. The lowest BCUT2D eigenvalue weighted by Gasteiger charge is -2.31. The number of esters is 1. The standard InChI is InChI=1S/C18H23N3O3/c1-18(2,3)17-19-15(24-20-17)11-21-10-6-8-12-13(16(22)23-4)7-5-9-14(12)21/h5,7,9H,6,8,10-11H2,1-4H3. The Labute approximate surface area is 141 Å². The van der Waals surface area contributed by atoms with Crippen molar-refractivity contribution in [1.29, 1.82) is 0 Å². The van der Waals surface area contributed by atoms with Crippen molar-refractivity contribution in [3.05, 3.63) is 41.0 Å². The average Bonchev–Trinajstić information content (AvgIpc) is 3.03. The largest absolute Gasteiger partial charge is 0.465 e. The van der Waals surface area contributed by atoms with Crippen molar-refractivity contribution in [3.8, 4) is 0 Å². The summed E-state index contributed by atoms with van der Waals surface area (Å²) >= 11 is 0. The van der Waals surface area contributed by atoms with Gasteiger partial charge in [-0.2, -0.15) is 4.98 Å². The molecule has 0 spiro atoms. The molecule has 6 nitrogen and oxygen atoms in total. The van der Waals surface area contributed by atoms with Gasteiger partial charge in [0.1, 0.15) is 0 Å². The summed E-state index contributed by atoms with van der Waals surface area (Å²) < 4.78 is 10.3. The van der Waals surface area contributed by atoms with Crippen molar-refractivity contribution in [3.63, 3.8) is 0 Å². The summed E-state index contributed by atoms with van der Waals surface area (Å²) in [5.41, 5.74) is 2.58. The molecule has 0 atom stereocenters. The molecule has 1 aliphatic heterocycles. The van der Waals surface area contributed by atoms with E-state index in [4.69, 9.17) is 9.26 Å². The molecule has 1 aliphatic rings. The van der Waals surface area contributed by atoms with E-state index in [1.165, 1.54) is 7.11 Å². The summed E-state index contributed by atoms with van der Waals surface area (Å²) in [6.07, 6.45) is 1.84. The average molecular weight is 329 g/mol. The summed E-state index contributed by atoms with van der Waals surface area (Å²) in [5.74, 6) is 1.01. The number of nitrogens with zero attached hydrogens (tertiary/aromatic N) is 3. The summed E-state index contributed by atoms with van der Waals surface area (Å²) in [7, 11) is 1.41. The first-order valence-corrected chi connectivity index (χ1v) is 8.18. The molecular formula is C18H23N3O3. The Hall–Kier alpha value is -2.37. The van der Waals surface area contributed by atoms with E-state index in [2.05, 4.69) is 35.8 Å². The van der Waals surface area contributed by atoms with E-state index in [0.717, 1.165) is 30.6 Å². The summed E-state index contributed by atoms with van der Waals surface area (Å²) in [5, 5.41) is 4.08. The predicted octanol–water partition coefficient (Wildman–Crippen LogP) is 3.11. The second-order valence-corrected chi connectivity index (χ2v) is 7.08. The second-order valence-electron chi connectivity index (χ2n) is 7.08. The number of carbonyl (C=O) groups excluding carboxylic acids is 1. The Morgan fingerprint density at radius 1 is 1.38 bits per heavy atom. The maximum absolute atomic E-state index is 12.0. The molecule has 1 aromatic heterocycles. The third-order valence-corrected chi connectivity index (χ3v) is 4.22. The van der Waals surface area contributed by atoms with Crippen molar-refractivity contribution in [2.24, 2.45) is 0 Å². The van der Waals surface area contributed by atoms with Gasteiger partial charge in [0, 0.05) is 17.6 Å². The summed E-state index contributed by atoms with van der Waals surface area (Å²) in [4.78, 5) is 18.7. The number of hydrogen-bond donors (Lipinski definition) is 0. The molecule has 2 heterocycles. The molecule has 1 aromatic carbocycles. The van der Waals surface area contributed by atoms with Crippen molar-refractivity contribution in [2.75, 3.05) is 18.6 Å². The highest BCUT2D eigenvalue weighted by atomic mass is 16.5. The van der Waals surface area contributed by atoms with Gasteiger partial charge in [-0.15, -0.1) is 0 Å². The van der Waals surface area contributed by atoms with E-state index in [9.17, 15) is 4.79 Å². The molecule has 0 saturated heterocycles. The lowest BCUT2D eigenvalue weighted by molar-refractivity contribution is 0.0599. The minimum atomic E-state index is -0.290. The van der Waals surface area contributed by atoms with Crippen molar-refractivity contribution >= 4 is 11.7 Å². The van der Waals surface area contributed by atoms with E-state index in [-0.39, 0.29) is 11.4 Å². The minimum Gasteiger partial charge on any atom is -0.465 e. The number of ether oxygens (including phenoxy) is 1. The van der Waals surface area contributed by atoms with Crippen LogP contribution in [0.15, 0.2) is 22.7 Å². The molecule has 0 bridgehead atoms. The molecule has 3 rings (SSSR count). The number of aromatic nitrogens is 2. The SMILES string of the molecule is COC(=O)c1cccc2c1CCCN2Cc1nc(C(C)(C)C)no1. The highest BCUT2D eigenvalue weighted by Gasteiger charge is 2.25. The van der Waals surface area contributed by atoms with Gasteiger partial charge in [-0.25, -0.2) is 4.79 Å². The molecule has 0 radical (unpaired) electrons. The first-order chi connectivity index (χ1) is 11.4. The van der Waals surface area contributed by atoms with Gasteiger partial charge in [-0.1, -0.05) is 32.0 Å². The van der Waals surface area contributed by atoms with Gasteiger partial charge in [-0.05, 0) is 30.5 Å². The zero-order valence-corrected chi connectivity index (χ0v) is 14.6. The topological polar surface area (TPSA) is 68.5 Å². The molecule has 0 fully saturated rings. The van der Waals surface area contributed by atoms with Gasteiger partial charge in [0.25, 0.3) is 0 Å². The van der Waals surface area contributed by atoms with E-state index >= 15 is 0 Å². The second kappa shape index (κ2) is 6.26. The minimum absolute atomic E-state index is 0.139. The van der Waals surface area contributed by atoms with E-state index in [1.54, 1.807) is 0 Å². The molecule has 0 amide bonds. The normalized spacial score (nSPS) is 14.4. The van der Waals surface area contributed by atoms with Gasteiger partial charge >= 0.3 is 5.97 Å². The van der Waals surface area contributed by atoms with Crippen LogP contribution in [0.5, 0.6) is 0 Å². The van der Waals surface area contributed by atoms with Crippen LogP contribution in [0.2, 0.25) is 0 Å². The molecule has 128 valence electrons. The molecule has 0 unspecified atom stereocenters. The predicted molar refractivity (Wildman–Crippen MR) is 90.2 cm³/mol. The smallest absolute Gasteiger partial charge is 0.338 e. The highest BCUT2D eigenvalue weighted by Crippen LogP contribution is 2.31. The number of carbonyl (C=O) groups is 1. The fourth-order valence-corrected chi connectivity index (χ4v) is 2.95. The van der Waals surface area contributed by atoms with Crippen LogP contribution in [-0.2, 0) is 23.1 Å². The van der Waals surface area contributed by atoms with Crippen LogP contribution in [0, 0.1) is 0 Å². The molecule has 0 saturated carbocycles. The molecule has 24 heavy (non-hydrogen) atoms. The Morgan fingerprint density at radius 2 is 2.17 bits per heavy atom. The molecule has 0 aliphatic carbocycles. The Kier molecular flexibility index (Phi) is 4.30. The van der Waals surface area contributed by atoms with E-state index in [1.807, 2.05) is 18.2 Å². The number of methoxy groups -OCH3 is 1. The van der Waals surface area contributed by atoms with Crippen LogP contribution in [0.25, 0.3) is 0 Å². The Bertz CT molecular complexity index is 746. The monoisotopic (exact) mass is 329 g/mol. The molecule has 6 heteroatoms. The van der Waals surface area contributed by atoms with Crippen LogP contribution in [0.4, 0.5) is 5.69 Å². The zero-order chi connectivity index (χ0) is 17.3. The van der Waals surface area contributed by atoms with Gasteiger partial charge in [0.05, 0.1) is 19.2 Å². The number of hydrogen-bond acceptors (Lipinski definition) is 6.